The first-order valence-electron chi connectivity index (χ1n) is 7.89. The average molecular weight is 355 g/mol. The van der Waals surface area contributed by atoms with Gasteiger partial charge in [-0.1, -0.05) is 44.2 Å². The second kappa shape index (κ2) is 6.85. The molecule has 1 heterocycles. The normalized spacial score (nSPS) is 20.8. The number of amidine groups is 1. The minimum absolute atomic E-state index is 0.0492. The Balaban J connectivity index is 2.25. The maximum absolute atomic E-state index is 13.6. The largest absolute Gasteiger partial charge is 0.442 e. The fourth-order valence-electron chi connectivity index (χ4n) is 2.50. The lowest BCUT2D eigenvalue weighted by molar-refractivity contribution is -0.200. The highest BCUT2D eigenvalue weighted by molar-refractivity contribution is 6.09. The number of amides is 2. The van der Waals surface area contributed by atoms with Crippen molar-refractivity contribution in [1.29, 1.82) is 0 Å². The Labute approximate surface area is 143 Å². The Morgan fingerprint density at radius 3 is 2.40 bits per heavy atom. The summed E-state index contributed by atoms with van der Waals surface area (Å²) in [6.45, 7) is 4.27. The molecule has 0 radical (unpaired) electrons. The Kier molecular flexibility index (Phi) is 5.20. The molecule has 0 saturated heterocycles. The van der Waals surface area contributed by atoms with E-state index in [1.165, 1.54) is 20.8 Å². The summed E-state index contributed by atoms with van der Waals surface area (Å²) in [5, 5.41) is 1.80. The molecule has 0 aromatic heterocycles. The Bertz CT molecular complexity index is 686. The molecule has 25 heavy (non-hydrogen) atoms. The van der Waals surface area contributed by atoms with Crippen LogP contribution in [-0.4, -0.2) is 40.9 Å². The van der Waals surface area contributed by atoms with Gasteiger partial charge in [0.25, 0.3) is 5.91 Å². The van der Waals surface area contributed by atoms with E-state index in [1.54, 1.807) is 5.32 Å². The van der Waals surface area contributed by atoms with Gasteiger partial charge in [0, 0.05) is 12.5 Å². The quantitative estimate of drug-likeness (QED) is 0.882. The van der Waals surface area contributed by atoms with Crippen molar-refractivity contribution in [3.05, 3.63) is 35.9 Å². The van der Waals surface area contributed by atoms with Gasteiger partial charge in [0.15, 0.2) is 0 Å². The summed E-state index contributed by atoms with van der Waals surface area (Å²) in [5.41, 5.74) is -2.35. The topological polar surface area (TPSA) is 61.8 Å². The second-order valence-electron chi connectivity index (χ2n) is 6.20. The summed E-state index contributed by atoms with van der Waals surface area (Å²) in [7, 11) is 0. The van der Waals surface area contributed by atoms with E-state index < -0.39 is 29.6 Å². The summed E-state index contributed by atoms with van der Waals surface area (Å²) in [4.78, 5) is 28.9. The number of nitrogens with zero attached hydrogens (tertiary/aromatic N) is 2. The lowest BCUT2D eigenvalue weighted by Gasteiger charge is -2.29. The zero-order valence-corrected chi connectivity index (χ0v) is 14.2. The number of hydrogen-bond acceptors (Lipinski definition) is 3. The summed E-state index contributed by atoms with van der Waals surface area (Å²) in [6, 6.07) is 9.10. The molecule has 0 saturated carbocycles. The van der Waals surface area contributed by atoms with Crippen LogP contribution in [0.3, 0.4) is 0 Å². The molecule has 1 aromatic rings. The van der Waals surface area contributed by atoms with Crippen LogP contribution in [0.1, 0.15) is 26.3 Å². The molecule has 0 spiro atoms. The van der Waals surface area contributed by atoms with Crippen LogP contribution >= 0.6 is 0 Å². The number of hydrogen-bond donors (Lipinski definition) is 1. The zero-order valence-electron chi connectivity index (χ0n) is 14.2. The first-order valence-corrected chi connectivity index (χ1v) is 7.89. The Morgan fingerprint density at radius 2 is 1.88 bits per heavy atom. The Hall–Kier alpha value is -2.38. The number of rotatable bonds is 5. The third kappa shape index (κ3) is 3.67. The molecule has 1 aliphatic rings. The maximum Gasteiger partial charge on any atom is 0.442 e. The molecule has 136 valence electrons. The van der Waals surface area contributed by atoms with E-state index in [0.717, 1.165) is 10.5 Å². The highest BCUT2D eigenvalue weighted by atomic mass is 19.4. The summed E-state index contributed by atoms with van der Waals surface area (Å²) >= 11 is 0. The molecular weight excluding hydrogens is 335 g/mol. The van der Waals surface area contributed by atoms with Crippen molar-refractivity contribution >= 4 is 17.6 Å². The van der Waals surface area contributed by atoms with Crippen LogP contribution in [0.4, 0.5) is 13.2 Å². The molecule has 1 aliphatic heterocycles. The van der Waals surface area contributed by atoms with E-state index in [1.807, 2.05) is 30.3 Å². The zero-order chi connectivity index (χ0) is 18.8. The minimum Gasteiger partial charge on any atom is -0.316 e. The number of nitrogens with one attached hydrogen (secondary N) is 1. The molecule has 8 heteroatoms. The van der Waals surface area contributed by atoms with E-state index in [-0.39, 0.29) is 12.4 Å². The highest BCUT2D eigenvalue weighted by Gasteiger charge is 2.66. The fraction of sp³-hybridized carbons (Fsp3) is 0.471. The van der Waals surface area contributed by atoms with Gasteiger partial charge in [0.2, 0.25) is 5.91 Å². The smallest absolute Gasteiger partial charge is 0.316 e. The maximum atomic E-state index is 13.6. The van der Waals surface area contributed by atoms with Gasteiger partial charge in [0.05, 0.1) is 0 Å². The van der Waals surface area contributed by atoms with Gasteiger partial charge >= 0.3 is 11.8 Å². The van der Waals surface area contributed by atoms with Crippen molar-refractivity contribution in [2.24, 2.45) is 10.9 Å². The van der Waals surface area contributed by atoms with Crippen LogP contribution in [0, 0.1) is 5.92 Å². The molecule has 2 amide bonds. The lowest BCUT2D eigenvalue weighted by Crippen LogP contribution is -2.64. The van der Waals surface area contributed by atoms with Crippen LogP contribution in [0.2, 0.25) is 0 Å². The second-order valence-corrected chi connectivity index (χ2v) is 6.20. The van der Waals surface area contributed by atoms with Crippen LogP contribution in [0.25, 0.3) is 0 Å². The number of carbonyl (C=O) groups is 2. The van der Waals surface area contributed by atoms with Crippen LogP contribution < -0.4 is 5.32 Å². The molecular formula is C17H20F3N3O2. The van der Waals surface area contributed by atoms with E-state index in [2.05, 4.69) is 4.99 Å². The van der Waals surface area contributed by atoms with Crippen molar-refractivity contribution in [3.63, 3.8) is 0 Å². The molecule has 2 rings (SSSR count). The molecule has 0 aliphatic carbocycles. The summed E-state index contributed by atoms with van der Waals surface area (Å²) < 4.78 is 40.9. The fourth-order valence-corrected chi connectivity index (χ4v) is 2.50. The van der Waals surface area contributed by atoms with Crippen LogP contribution in [0.15, 0.2) is 35.3 Å². The van der Waals surface area contributed by atoms with Gasteiger partial charge in [-0.2, -0.15) is 13.2 Å². The number of aliphatic imine (C=N–C) groups is 1. The highest BCUT2D eigenvalue weighted by Crippen LogP contribution is 2.37. The molecule has 0 bridgehead atoms. The van der Waals surface area contributed by atoms with Gasteiger partial charge in [0.1, 0.15) is 5.84 Å². The Morgan fingerprint density at radius 1 is 1.28 bits per heavy atom. The third-order valence-corrected chi connectivity index (χ3v) is 3.98. The predicted molar refractivity (Wildman–Crippen MR) is 86.7 cm³/mol. The molecule has 1 N–H and O–H groups in total. The molecule has 0 fully saturated rings. The van der Waals surface area contributed by atoms with Gasteiger partial charge < -0.3 is 5.32 Å². The van der Waals surface area contributed by atoms with E-state index >= 15 is 0 Å². The van der Waals surface area contributed by atoms with Crippen molar-refractivity contribution in [2.75, 3.05) is 6.54 Å². The van der Waals surface area contributed by atoms with Gasteiger partial charge in [-0.05, 0) is 18.9 Å². The number of halogens is 3. The van der Waals surface area contributed by atoms with E-state index in [9.17, 15) is 22.8 Å². The van der Waals surface area contributed by atoms with Crippen LogP contribution in [0.5, 0.6) is 0 Å². The van der Waals surface area contributed by atoms with Crippen molar-refractivity contribution in [3.8, 4) is 0 Å². The van der Waals surface area contributed by atoms with Crippen molar-refractivity contribution in [2.45, 2.75) is 39.0 Å². The standard InChI is InChI=1S/C17H20F3N3O2/c1-11(2)14(24)22-16(17(18,19)20)15(25)23(12(3)21-16)10-9-13-7-5-4-6-8-13/h4-8,11H,9-10H2,1-3H3,(H,22,24). The first kappa shape index (κ1) is 19.0. The molecule has 1 atom stereocenters. The van der Waals surface area contributed by atoms with E-state index in [4.69, 9.17) is 0 Å². The number of carbonyl (C=O) groups excluding carboxylic acids is 2. The minimum atomic E-state index is -5.03. The average Bonchev–Trinajstić information content (AvgIpc) is 2.77. The number of benzene rings is 1. The monoisotopic (exact) mass is 355 g/mol. The molecule has 1 unspecified atom stereocenters. The SMILES string of the molecule is CC1=NC(NC(=O)C(C)C)(C(F)(F)F)C(=O)N1CCc1ccccc1. The predicted octanol–water partition coefficient (Wildman–Crippen LogP) is 2.52. The van der Waals surface area contributed by atoms with Gasteiger partial charge in [-0.25, -0.2) is 4.99 Å². The van der Waals surface area contributed by atoms with Gasteiger partial charge in [-0.15, -0.1) is 0 Å². The van der Waals surface area contributed by atoms with Crippen molar-refractivity contribution < 1.29 is 22.8 Å². The number of alkyl halides is 3. The summed E-state index contributed by atoms with van der Waals surface area (Å²) in [6.07, 6.45) is -4.65. The lowest BCUT2D eigenvalue weighted by atomic mass is 10.1. The molecule has 5 nitrogen and oxygen atoms in total. The van der Waals surface area contributed by atoms with Crippen LogP contribution in [-0.2, 0) is 16.0 Å². The third-order valence-electron chi connectivity index (χ3n) is 3.98. The van der Waals surface area contributed by atoms with Crippen molar-refractivity contribution in [1.82, 2.24) is 10.2 Å². The first-order chi connectivity index (χ1) is 11.6. The van der Waals surface area contributed by atoms with Gasteiger partial charge in [-0.3, -0.25) is 14.5 Å². The van der Waals surface area contributed by atoms with E-state index in [0.29, 0.717) is 6.42 Å². The summed E-state index contributed by atoms with van der Waals surface area (Å²) in [5.74, 6) is -2.93. The molecule has 1 aromatic carbocycles.